The van der Waals surface area contributed by atoms with Gasteiger partial charge < -0.3 is 9.64 Å². The molecule has 1 aliphatic rings. The molecule has 1 saturated heterocycles. The standard InChI is InChI=1S/C16H22BrNO2/c1-11-10-12(17)7-8-13(11)14-6-5-9-18(14)15(19)20-16(2,3)4/h7-8,10,14H,5-6,9H2,1-4H3/t14-/m1/s1. The number of carbonyl (C=O) groups excluding carboxylic acids is 1. The van der Waals surface area contributed by atoms with Crippen molar-refractivity contribution < 1.29 is 9.53 Å². The third kappa shape index (κ3) is 3.54. The van der Waals surface area contributed by atoms with Crippen LogP contribution in [0.2, 0.25) is 0 Å². The fraction of sp³-hybridized carbons (Fsp3) is 0.562. The second-order valence-corrected chi connectivity index (χ2v) is 7.25. The maximum absolute atomic E-state index is 12.3. The minimum Gasteiger partial charge on any atom is -0.444 e. The van der Waals surface area contributed by atoms with E-state index in [1.165, 1.54) is 11.1 Å². The Morgan fingerprint density at radius 2 is 2.10 bits per heavy atom. The SMILES string of the molecule is Cc1cc(Br)ccc1[C@H]1CCCN1C(=O)OC(C)(C)C. The molecule has 0 aromatic heterocycles. The van der Waals surface area contributed by atoms with Gasteiger partial charge >= 0.3 is 6.09 Å². The van der Waals surface area contributed by atoms with Crippen molar-refractivity contribution in [3.8, 4) is 0 Å². The van der Waals surface area contributed by atoms with Crippen LogP contribution in [0.3, 0.4) is 0 Å². The maximum atomic E-state index is 12.3. The molecule has 110 valence electrons. The molecule has 1 aromatic rings. The van der Waals surface area contributed by atoms with Gasteiger partial charge in [-0.05, 0) is 63.8 Å². The summed E-state index contributed by atoms with van der Waals surface area (Å²) in [5.74, 6) is 0. The van der Waals surface area contributed by atoms with Crippen LogP contribution in [0.4, 0.5) is 4.79 Å². The number of hydrogen-bond acceptors (Lipinski definition) is 2. The normalized spacial score (nSPS) is 19.2. The molecule has 0 radical (unpaired) electrons. The third-order valence-electron chi connectivity index (χ3n) is 3.47. The number of benzene rings is 1. The number of halogens is 1. The summed E-state index contributed by atoms with van der Waals surface area (Å²) < 4.78 is 6.58. The molecule has 4 heteroatoms. The number of nitrogens with zero attached hydrogens (tertiary/aromatic N) is 1. The summed E-state index contributed by atoms with van der Waals surface area (Å²) in [7, 11) is 0. The Hall–Kier alpha value is -1.03. The summed E-state index contributed by atoms with van der Waals surface area (Å²) in [6.07, 6.45) is 1.82. The lowest BCUT2D eigenvalue weighted by atomic mass is 9.99. The molecule has 1 heterocycles. The molecule has 0 aliphatic carbocycles. The molecule has 0 N–H and O–H groups in total. The minimum atomic E-state index is -0.445. The van der Waals surface area contributed by atoms with Crippen LogP contribution in [0.5, 0.6) is 0 Å². The second kappa shape index (κ2) is 5.76. The van der Waals surface area contributed by atoms with E-state index >= 15 is 0 Å². The fourth-order valence-electron chi connectivity index (χ4n) is 2.64. The highest BCUT2D eigenvalue weighted by Crippen LogP contribution is 2.35. The molecular weight excluding hydrogens is 318 g/mol. The van der Waals surface area contributed by atoms with Gasteiger partial charge in [0.1, 0.15) is 5.60 Å². The topological polar surface area (TPSA) is 29.5 Å². The second-order valence-electron chi connectivity index (χ2n) is 6.33. The summed E-state index contributed by atoms with van der Waals surface area (Å²) in [5, 5.41) is 0. The van der Waals surface area contributed by atoms with Gasteiger partial charge in [0.15, 0.2) is 0 Å². The largest absolute Gasteiger partial charge is 0.444 e. The number of hydrogen-bond donors (Lipinski definition) is 0. The number of carbonyl (C=O) groups is 1. The number of amides is 1. The van der Waals surface area contributed by atoms with Crippen LogP contribution >= 0.6 is 15.9 Å². The highest BCUT2D eigenvalue weighted by atomic mass is 79.9. The summed E-state index contributed by atoms with van der Waals surface area (Å²) in [6.45, 7) is 8.57. The maximum Gasteiger partial charge on any atom is 0.410 e. The van der Waals surface area contributed by atoms with E-state index in [0.29, 0.717) is 0 Å². The lowest BCUT2D eigenvalue weighted by Crippen LogP contribution is -2.36. The molecule has 0 saturated carbocycles. The Labute approximate surface area is 129 Å². The number of rotatable bonds is 1. The van der Waals surface area contributed by atoms with Crippen molar-refractivity contribution in [2.24, 2.45) is 0 Å². The summed E-state index contributed by atoms with van der Waals surface area (Å²) >= 11 is 3.48. The van der Waals surface area contributed by atoms with Crippen LogP contribution in [0.15, 0.2) is 22.7 Å². The molecule has 1 atom stereocenters. The first-order valence-corrected chi connectivity index (χ1v) is 7.83. The van der Waals surface area contributed by atoms with Crippen LogP contribution in [-0.4, -0.2) is 23.1 Å². The Kier molecular flexibility index (Phi) is 4.43. The van der Waals surface area contributed by atoms with Crippen LogP contribution < -0.4 is 0 Å². The first kappa shape index (κ1) is 15.4. The molecule has 1 aliphatic heterocycles. The van der Waals surface area contributed by atoms with Gasteiger partial charge in [0.25, 0.3) is 0 Å². The lowest BCUT2D eigenvalue weighted by molar-refractivity contribution is 0.0224. The minimum absolute atomic E-state index is 0.137. The van der Waals surface area contributed by atoms with Crippen molar-refractivity contribution in [2.75, 3.05) is 6.54 Å². The van der Waals surface area contributed by atoms with Gasteiger partial charge in [-0.2, -0.15) is 0 Å². The summed E-state index contributed by atoms with van der Waals surface area (Å²) in [6, 6.07) is 6.37. The van der Waals surface area contributed by atoms with E-state index in [1.807, 2.05) is 31.7 Å². The van der Waals surface area contributed by atoms with Crippen molar-refractivity contribution in [1.29, 1.82) is 0 Å². The highest BCUT2D eigenvalue weighted by molar-refractivity contribution is 9.10. The van der Waals surface area contributed by atoms with Crippen molar-refractivity contribution in [1.82, 2.24) is 4.90 Å². The molecular formula is C16H22BrNO2. The van der Waals surface area contributed by atoms with Crippen LogP contribution in [-0.2, 0) is 4.74 Å². The summed E-state index contributed by atoms with van der Waals surface area (Å²) in [5.41, 5.74) is 1.98. The molecule has 0 spiro atoms. The van der Waals surface area contributed by atoms with Gasteiger partial charge in [-0.1, -0.05) is 22.0 Å². The van der Waals surface area contributed by atoms with E-state index in [-0.39, 0.29) is 12.1 Å². The lowest BCUT2D eigenvalue weighted by Gasteiger charge is -2.29. The van der Waals surface area contributed by atoms with E-state index in [9.17, 15) is 4.79 Å². The van der Waals surface area contributed by atoms with Crippen LogP contribution in [0.25, 0.3) is 0 Å². The van der Waals surface area contributed by atoms with Gasteiger partial charge in [0.2, 0.25) is 0 Å². The van der Waals surface area contributed by atoms with Crippen molar-refractivity contribution in [3.63, 3.8) is 0 Å². The molecule has 3 nitrogen and oxygen atoms in total. The zero-order valence-corrected chi connectivity index (χ0v) is 14.2. The highest BCUT2D eigenvalue weighted by Gasteiger charge is 2.33. The zero-order valence-electron chi connectivity index (χ0n) is 12.6. The van der Waals surface area contributed by atoms with Crippen molar-refractivity contribution in [3.05, 3.63) is 33.8 Å². The van der Waals surface area contributed by atoms with E-state index < -0.39 is 5.60 Å². The van der Waals surface area contributed by atoms with E-state index in [2.05, 4.69) is 35.0 Å². The Bertz CT molecular complexity index is 508. The van der Waals surface area contributed by atoms with Gasteiger partial charge in [-0.3, -0.25) is 0 Å². The Morgan fingerprint density at radius 3 is 2.70 bits per heavy atom. The molecule has 1 fully saturated rings. The first-order valence-electron chi connectivity index (χ1n) is 7.03. The van der Waals surface area contributed by atoms with Crippen molar-refractivity contribution >= 4 is 22.0 Å². The Balaban J connectivity index is 2.21. The smallest absolute Gasteiger partial charge is 0.410 e. The number of ether oxygens (including phenoxy) is 1. The third-order valence-corrected chi connectivity index (χ3v) is 3.96. The predicted octanol–water partition coefficient (Wildman–Crippen LogP) is 4.83. The molecule has 1 amide bonds. The Morgan fingerprint density at radius 1 is 1.40 bits per heavy atom. The van der Waals surface area contributed by atoms with Crippen LogP contribution in [0, 0.1) is 6.92 Å². The van der Waals surface area contributed by atoms with Crippen LogP contribution in [0.1, 0.15) is 50.8 Å². The van der Waals surface area contributed by atoms with Gasteiger partial charge in [0.05, 0.1) is 6.04 Å². The predicted molar refractivity (Wildman–Crippen MR) is 83.8 cm³/mol. The van der Waals surface area contributed by atoms with Crippen molar-refractivity contribution in [2.45, 2.75) is 52.2 Å². The monoisotopic (exact) mass is 339 g/mol. The van der Waals surface area contributed by atoms with E-state index in [4.69, 9.17) is 4.74 Å². The first-order chi connectivity index (χ1) is 9.28. The average molecular weight is 340 g/mol. The van der Waals surface area contributed by atoms with Gasteiger partial charge in [-0.25, -0.2) is 4.79 Å². The molecule has 0 bridgehead atoms. The van der Waals surface area contributed by atoms with Gasteiger partial charge in [0, 0.05) is 11.0 Å². The number of likely N-dealkylation sites (tertiary alicyclic amines) is 1. The zero-order chi connectivity index (χ0) is 14.9. The fourth-order valence-corrected chi connectivity index (χ4v) is 3.12. The van der Waals surface area contributed by atoms with E-state index in [1.54, 1.807) is 0 Å². The molecule has 20 heavy (non-hydrogen) atoms. The molecule has 0 unspecified atom stereocenters. The molecule has 2 rings (SSSR count). The van der Waals surface area contributed by atoms with E-state index in [0.717, 1.165) is 23.9 Å². The average Bonchev–Trinajstić information content (AvgIpc) is 2.75. The summed E-state index contributed by atoms with van der Waals surface area (Å²) in [4.78, 5) is 14.2. The quantitative estimate of drug-likeness (QED) is 0.733. The number of aryl methyl sites for hydroxylation is 1. The van der Waals surface area contributed by atoms with Gasteiger partial charge in [-0.15, -0.1) is 0 Å². The molecule has 1 aromatic carbocycles.